The number of carboxylic acid groups (broad SMARTS) is 1. The molecule has 6 heteroatoms. The fourth-order valence-electron chi connectivity index (χ4n) is 1.90. The van der Waals surface area contributed by atoms with Crippen molar-refractivity contribution >= 4 is 5.97 Å². The third kappa shape index (κ3) is 2.46. The van der Waals surface area contributed by atoms with E-state index in [2.05, 4.69) is 0 Å². The Morgan fingerprint density at radius 2 is 2.00 bits per heavy atom. The van der Waals surface area contributed by atoms with Gasteiger partial charge in [-0.15, -0.1) is 0 Å². The van der Waals surface area contributed by atoms with Crippen LogP contribution in [0.5, 0.6) is 11.5 Å². The van der Waals surface area contributed by atoms with Gasteiger partial charge in [0.05, 0.1) is 20.5 Å². The second-order valence-corrected chi connectivity index (χ2v) is 4.01. The number of aliphatic hydroxyl groups excluding tert-OH is 1. The van der Waals surface area contributed by atoms with Crippen molar-refractivity contribution in [1.29, 1.82) is 0 Å². The first-order valence-corrected chi connectivity index (χ1v) is 5.79. The zero-order chi connectivity index (χ0) is 14.7. The highest BCUT2D eigenvalue weighted by Gasteiger charge is 2.25. The highest BCUT2D eigenvalue weighted by Crippen LogP contribution is 2.34. The van der Waals surface area contributed by atoms with Gasteiger partial charge in [0.15, 0.2) is 5.76 Å². The van der Waals surface area contributed by atoms with E-state index in [4.69, 9.17) is 19.0 Å². The Hall–Kier alpha value is -2.47. The molecular formula is C14H14O6. The van der Waals surface area contributed by atoms with E-state index in [1.807, 2.05) is 0 Å². The van der Waals surface area contributed by atoms with E-state index < -0.39 is 12.1 Å². The summed E-state index contributed by atoms with van der Waals surface area (Å²) in [5.41, 5.74) is 0.270. The summed E-state index contributed by atoms with van der Waals surface area (Å²) < 4.78 is 15.3. The molecule has 2 aromatic rings. The summed E-state index contributed by atoms with van der Waals surface area (Å²) in [6.07, 6.45) is -0.0459. The number of methoxy groups -OCH3 is 2. The van der Waals surface area contributed by atoms with Crippen molar-refractivity contribution in [2.24, 2.45) is 0 Å². The van der Waals surface area contributed by atoms with Crippen LogP contribution in [-0.4, -0.2) is 30.4 Å². The van der Waals surface area contributed by atoms with Crippen LogP contribution in [0.25, 0.3) is 0 Å². The van der Waals surface area contributed by atoms with E-state index in [1.54, 1.807) is 18.2 Å². The molecular weight excluding hydrogens is 264 g/mol. The molecule has 0 aliphatic heterocycles. The zero-order valence-corrected chi connectivity index (χ0v) is 11.0. The number of hydrogen-bond acceptors (Lipinski definition) is 5. The van der Waals surface area contributed by atoms with Gasteiger partial charge in [-0.2, -0.15) is 0 Å². The van der Waals surface area contributed by atoms with E-state index in [0.717, 1.165) is 0 Å². The summed E-state index contributed by atoms with van der Waals surface area (Å²) in [6, 6.07) is 6.15. The van der Waals surface area contributed by atoms with Gasteiger partial charge >= 0.3 is 5.97 Å². The van der Waals surface area contributed by atoms with Gasteiger partial charge in [-0.1, -0.05) is 0 Å². The lowest BCUT2D eigenvalue weighted by Gasteiger charge is -2.15. The Kier molecular flexibility index (Phi) is 3.95. The highest BCUT2D eigenvalue weighted by atomic mass is 16.5. The molecule has 0 saturated heterocycles. The van der Waals surface area contributed by atoms with Crippen LogP contribution in [0.1, 0.15) is 27.8 Å². The number of benzene rings is 1. The van der Waals surface area contributed by atoms with E-state index >= 15 is 0 Å². The lowest BCUT2D eigenvalue weighted by molar-refractivity contribution is 0.0687. The first kappa shape index (κ1) is 14.0. The molecule has 1 aromatic carbocycles. The number of hydrogen-bond donors (Lipinski definition) is 2. The molecule has 1 unspecified atom stereocenters. The van der Waals surface area contributed by atoms with Crippen molar-refractivity contribution in [1.82, 2.24) is 0 Å². The van der Waals surface area contributed by atoms with Crippen molar-refractivity contribution in [3.8, 4) is 11.5 Å². The average Bonchev–Trinajstić information content (AvgIpc) is 2.95. The number of carbonyl (C=O) groups is 1. The van der Waals surface area contributed by atoms with Crippen LogP contribution in [0.2, 0.25) is 0 Å². The lowest BCUT2D eigenvalue weighted by atomic mass is 10.0. The fourth-order valence-corrected chi connectivity index (χ4v) is 1.90. The Morgan fingerprint density at radius 3 is 2.60 bits per heavy atom. The molecule has 0 aliphatic rings. The smallest absolute Gasteiger partial charge is 0.339 e. The molecule has 0 saturated carbocycles. The van der Waals surface area contributed by atoms with Crippen molar-refractivity contribution < 1.29 is 28.9 Å². The Balaban J connectivity index is 2.49. The standard InChI is InChI=1S/C14H14O6/c1-18-8-3-4-11(19-2)10(7-8)12(15)13-9(14(16)17)5-6-20-13/h3-7,12,15H,1-2H3,(H,16,17). The predicted octanol–water partition coefficient (Wildman–Crippen LogP) is 2.08. The van der Waals surface area contributed by atoms with Crippen LogP contribution in [0.3, 0.4) is 0 Å². The van der Waals surface area contributed by atoms with Gasteiger partial charge in [-0.3, -0.25) is 0 Å². The first-order chi connectivity index (χ1) is 9.58. The van der Waals surface area contributed by atoms with Gasteiger partial charge in [0.2, 0.25) is 0 Å². The van der Waals surface area contributed by atoms with Gasteiger partial charge in [-0.05, 0) is 24.3 Å². The molecule has 0 amide bonds. The minimum absolute atomic E-state index is 0.0518. The molecule has 1 aromatic heterocycles. The molecule has 0 bridgehead atoms. The molecule has 2 rings (SSSR count). The summed E-state index contributed by atoms with van der Waals surface area (Å²) in [7, 11) is 2.95. The topological polar surface area (TPSA) is 89.1 Å². The van der Waals surface area contributed by atoms with E-state index in [9.17, 15) is 9.90 Å². The van der Waals surface area contributed by atoms with Crippen LogP contribution in [0.4, 0.5) is 0 Å². The predicted molar refractivity (Wildman–Crippen MR) is 69.3 cm³/mol. The van der Waals surface area contributed by atoms with Crippen molar-refractivity contribution in [3.05, 3.63) is 47.4 Å². The van der Waals surface area contributed by atoms with Crippen LogP contribution in [-0.2, 0) is 0 Å². The number of ether oxygens (including phenoxy) is 2. The van der Waals surface area contributed by atoms with Crippen LogP contribution < -0.4 is 9.47 Å². The number of furan rings is 1. The summed E-state index contributed by atoms with van der Waals surface area (Å²) in [4.78, 5) is 11.1. The zero-order valence-electron chi connectivity index (χ0n) is 11.0. The second kappa shape index (κ2) is 5.66. The summed E-state index contributed by atoms with van der Waals surface area (Å²) >= 11 is 0. The Bertz CT molecular complexity index is 616. The lowest BCUT2D eigenvalue weighted by Crippen LogP contribution is -2.07. The second-order valence-electron chi connectivity index (χ2n) is 4.01. The molecule has 1 atom stereocenters. The quantitative estimate of drug-likeness (QED) is 0.870. The van der Waals surface area contributed by atoms with Gasteiger partial charge in [0.25, 0.3) is 0 Å². The van der Waals surface area contributed by atoms with Crippen LogP contribution in [0.15, 0.2) is 34.9 Å². The van der Waals surface area contributed by atoms with E-state index in [-0.39, 0.29) is 11.3 Å². The van der Waals surface area contributed by atoms with Crippen molar-refractivity contribution in [2.45, 2.75) is 6.10 Å². The van der Waals surface area contributed by atoms with Crippen molar-refractivity contribution in [2.75, 3.05) is 14.2 Å². The molecule has 106 valence electrons. The number of aliphatic hydroxyl groups is 1. The normalized spacial score (nSPS) is 11.9. The largest absolute Gasteiger partial charge is 0.497 e. The SMILES string of the molecule is COc1ccc(OC)c(C(O)c2occc2C(=O)O)c1. The summed E-state index contributed by atoms with van der Waals surface area (Å²) in [6.45, 7) is 0. The third-order valence-electron chi connectivity index (χ3n) is 2.91. The van der Waals surface area contributed by atoms with Gasteiger partial charge in [-0.25, -0.2) is 4.79 Å². The molecule has 0 fully saturated rings. The van der Waals surface area contributed by atoms with Gasteiger partial charge in [0.1, 0.15) is 23.2 Å². The number of aromatic carboxylic acids is 1. The van der Waals surface area contributed by atoms with Crippen molar-refractivity contribution in [3.63, 3.8) is 0 Å². The first-order valence-electron chi connectivity index (χ1n) is 5.79. The summed E-state index contributed by atoms with van der Waals surface area (Å²) in [5.74, 6) is -0.298. The number of rotatable bonds is 5. The maximum absolute atomic E-state index is 11.1. The van der Waals surface area contributed by atoms with E-state index in [1.165, 1.54) is 26.5 Å². The Morgan fingerprint density at radius 1 is 1.25 bits per heavy atom. The van der Waals surface area contributed by atoms with Gasteiger partial charge < -0.3 is 24.1 Å². The van der Waals surface area contributed by atoms with Crippen LogP contribution >= 0.6 is 0 Å². The number of carboxylic acids is 1. The maximum atomic E-state index is 11.1. The molecule has 0 radical (unpaired) electrons. The average molecular weight is 278 g/mol. The third-order valence-corrected chi connectivity index (χ3v) is 2.91. The summed E-state index contributed by atoms with van der Waals surface area (Å²) in [5, 5.41) is 19.4. The fraction of sp³-hybridized carbons (Fsp3) is 0.214. The molecule has 0 spiro atoms. The van der Waals surface area contributed by atoms with Crippen LogP contribution in [0, 0.1) is 0 Å². The monoisotopic (exact) mass is 278 g/mol. The van der Waals surface area contributed by atoms with E-state index in [0.29, 0.717) is 17.1 Å². The molecule has 0 aliphatic carbocycles. The molecule has 1 heterocycles. The molecule has 20 heavy (non-hydrogen) atoms. The molecule has 2 N–H and O–H groups in total. The highest BCUT2D eigenvalue weighted by molar-refractivity contribution is 5.89. The molecule has 6 nitrogen and oxygen atoms in total. The maximum Gasteiger partial charge on any atom is 0.339 e. The Labute approximate surface area is 115 Å². The minimum atomic E-state index is -1.26. The minimum Gasteiger partial charge on any atom is -0.497 e. The van der Waals surface area contributed by atoms with Gasteiger partial charge in [0, 0.05) is 5.56 Å².